The fourth-order valence-electron chi connectivity index (χ4n) is 3.58. The Morgan fingerprint density at radius 3 is 2.42 bits per heavy atom. The van der Waals surface area contributed by atoms with Gasteiger partial charge in [0, 0.05) is 5.69 Å². The molecule has 0 saturated carbocycles. The summed E-state index contributed by atoms with van der Waals surface area (Å²) in [6, 6.07) is 23.0. The summed E-state index contributed by atoms with van der Waals surface area (Å²) in [5.41, 5.74) is 2.08. The molecule has 2 amide bonds. The maximum Gasteiger partial charge on any atom is 0.348 e. The summed E-state index contributed by atoms with van der Waals surface area (Å²) in [5, 5.41) is 5.64. The number of fused-ring (bicyclic) bond motifs is 1. The van der Waals surface area contributed by atoms with E-state index >= 15 is 0 Å². The van der Waals surface area contributed by atoms with E-state index in [0.717, 1.165) is 0 Å². The summed E-state index contributed by atoms with van der Waals surface area (Å²) < 4.78 is 10.5. The number of nitrogens with zero attached hydrogens (tertiary/aromatic N) is 1. The lowest BCUT2D eigenvalue weighted by Gasteiger charge is -2.34. The summed E-state index contributed by atoms with van der Waals surface area (Å²) in [7, 11) is 1.29. The zero-order valence-electron chi connectivity index (χ0n) is 18.0. The second kappa shape index (κ2) is 9.86. The Labute approximate surface area is 191 Å². The van der Waals surface area contributed by atoms with Crippen LogP contribution in [0.15, 0.2) is 78.9 Å². The number of ether oxygens (including phenoxy) is 2. The van der Waals surface area contributed by atoms with Crippen molar-refractivity contribution in [3.8, 4) is 5.75 Å². The zero-order valence-corrected chi connectivity index (χ0v) is 18.0. The lowest BCUT2D eigenvalue weighted by molar-refractivity contribution is -0.148. The first-order valence-electron chi connectivity index (χ1n) is 10.4. The molecule has 1 atom stereocenters. The average Bonchev–Trinajstić information content (AvgIpc) is 2.84. The molecule has 3 aromatic rings. The maximum absolute atomic E-state index is 12.9. The molecule has 0 aliphatic carbocycles. The number of methoxy groups -OCH3 is 1. The Hall–Kier alpha value is -4.33. The highest BCUT2D eigenvalue weighted by Gasteiger charge is 2.32. The van der Waals surface area contributed by atoms with E-state index in [9.17, 15) is 14.4 Å². The Morgan fingerprint density at radius 2 is 1.64 bits per heavy atom. The maximum atomic E-state index is 12.9. The van der Waals surface area contributed by atoms with Crippen molar-refractivity contribution in [1.29, 1.82) is 0 Å². The highest BCUT2D eigenvalue weighted by molar-refractivity contribution is 6.10. The van der Waals surface area contributed by atoms with Crippen LogP contribution in [0.1, 0.15) is 10.4 Å². The predicted octanol–water partition coefficient (Wildman–Crippen LogP) is 3.32. The summed E-state index contributed by atoms with van der Waals surface area (Å²) in [4.78, 5) is 39.5. The third-order valence-electron chi connectivity index (χ3n) is 5.14. The van der Waals surface area contributed by atoms with E-state index in [0.29, 0.717) is 28.4 Å². The van der Waals surface area contributed by atoms with E-state index in [1.165, 1.54) is 7.11 Å². The number of hydrogen-bond acceptors (Lipinski definition) is 6. The summed E-state index contributed by atoms with van der Waals surface area (Å²) >= 11 is 0. The molecule has 33 heavy (non-hydrogen) atoms. The van der Waals surface area contributed by atoms with E-state index in [2.05, 4.69) is 10.6 Å². The number of carbonyl (C=O) groups is 3. The smallest absolute Gasteiger partial charge is 0.348 e. The first-order valence-corrected chi connectivity index (χ1v) is 10.4. The SMILES string of the molecule is COC(=O)C1CN(CC(=O)Nc2ccccc2C(=O)Nc2ccccc2)c2ccccc2O1. The highest BCUT2D eigenvalue weighted by Crippen LogP contribution is 2.33. The monoisotopic (exact) mass is 445 g/mol. The van der Waals surface area contributed by atoms with Crippen LogP contribution in [-0.4, -0.2) is 44.1 Å². The molecule has 1 unspecified atom stereocenters. The van der Waals surface area contributed by atoms with E-state index < -0.39 is 12.1 Å². The molecule has 1 aliphatic heterocycles. The molecule has 0 radical (unpaired) electrons. The van der Waals surface area contributed by atoms with Crippen LogP contribution in [0.4, 0.5) is 17.1 Å². The minimum absolute atomic E-state index is 0.0392. The largest absolute Gasteiger partial charge is 0.475 e. The number of rotatable bonds is 6. The second-order valence-corrected chi connectivity index (χ2v) is 7.39. The van der Waals surface area contributed by atoms with Crippen molar-refractivity contribution in [1.82, 2.24) is 0 Å². The quantitative estimate of drug-likeness (QED) is 0.565. The van der Waals surface area contributed by atoms with Gasteiger partial charge in [-0.05, 0) is 36.4 Å². The number of carbonyl (C=O) groups excluding carboxylic acids is 3. The molecule has 0 fully saturated rings. The van der Waals surface area contributed by atoms with Crippen LogP contribution < -0.4 is 20.3 Å². The van der Waals surface area contributed by atoms with E-state index in [4.69, 9.17) is 9.47 Å². The summed E-state index contributed by atoms with van der Waals surface area (Å²) in [6.45, 7) is 0.121. The molecular weight excluding hydrogens is 422 g/mol. The molecular formula is C25H23N3O5. The van der Waals surface area contributed by atoms with Crippen molar-refractivity contribution in [2.45, 2.75) is 6.10 Å². The van der Waals surface area contributed by atoms with Crippen LogP contribution >= 0.6 is 0 Å². The van der Waals surface area contributed by atoms with Crippen LogP contribution in [0.2, 0.25) is 0 Å². The summed E-state index contributed by atoms with van der Waals surface area (Å²) in [6.07, 6.45) is -0.846. The lowest BCUT2D eigenvalue weighted by Crippen LogP contribution is -2.47. The number of benzene rings is 3. The van der Waals surface area contributed by atoms with Crippen molar-refractivity contribution < 1.29 is 23.9 Å². The fourth-order valence-corrected chi connectivity index (χ4v) is 3.58. The Balaban J connectivity index is 1.49. The van der Waals surface area contributed by atoms with Gasteiger partial charge >= 0.3 is 5.97 Å². The number of hydrogen-bond donors (Lipinski definition) is 2. The van der Waals surface area contributed by atoms with Crippen LogP contribution in [-0.2, 0) is 14.3 Å². The van der Waals surface area contributed by atoms with Gasteiger partial charge in [-0.3, -0.25) is 9.59 Å². The van der Waals surface area contributed by atoms with Gasteiger partial charge in [-0.15, -0.1) is 0 Å². The Kier molecular flexibility index (Phi) is 6.54. The number of amides is 2. The Morgan fingerprint density at radius 1 is 0.939 bits per heavy atom. The van der Waals surface area contributed by atoms with Crippen LogP contribution in [0.3, 0.4) is 0 Å². The molecule has 3 aromatic carbocycles. The molecule has 8 heteroatoms. The number of esters is 1. The van der Waals surface area contributed by atoms with E-state index in [1.807, 2.05) is 30.3 Å². The molecule has 0 aromatic heterocycles. The predicted molar refractivity (Wildman–Crippen MR) is 125 cm³/mol. The molecule has 1 heterocycles. The minimum Gasteiger partial charge on any atom is -0.475 e. The van der Waals surface area contributed by atoms with Gasteiger partial charge in [0.2, 0.25) is 12.0 Å². The van der Waals surface area contributed by atoms with Gasteiger partial charge in [0.15, 0.2) is 0 Å². The van der Waals surface area contributed by atoms with Gasteiger partial charge in [-0.2, -0.15) is 0 Å². The molecule has 4 rings (SSSR count). The summed E-state index contributed by atoms with van der Waals surface area (Å²) in [5.74, 6) is -0.692. The molecule has 0 spiro atoms. The number of anilines is 3. The average molecular weight is 445 g/mol. The molecule has 1 aliphatic rings. The normalized spacial score (nSPS) is 14.5. The third kappa shape index (κ3) is 5.12. The van der Waals surface area contributed by atoms with Gasteiger partial charge < -0.3 is 25.0 Å². The zero-order chi connectivity index (χ0) is 23.2. The third-order valence-corrected chi connectivity index (χ3v) is 5.14. The van der Waals surface area contributed by atoms with Crippen LogP contribution in [0.5, 0.6) is 5.75 Å². The van der Waals surface area contributed by atoms with Crippen LogP contribution in [0, 0.1) is 0 Å². The first kappa shape index (κ1) is 21.9. The first-order chi connectivity index (χ1) is 16.0. The molecule has 2 N–H and O–H groups in total. The van der Waals surface area contributed by atoms with Crippen molar-refractivity contribution in [2.75, 3.05) is 35.7 Å². The van der Waals surface area contributed by atoms with Gasteiger partial charge in [-0.1, -0.05) is 42.5 Å². The second-order valence-electron chi connectivity index (χ2n) is 7.39. The fraction of sp³-hybridized carbons (Fsp3) is 0.160. The standard InChI is InChI=1S/C25H23N3O5/c1-32-25(31)22-15-28(20-13-7-8-14-21(20)33-22)16-23(29)27-19-12-6-5-11-18(19)24(30)26-17-9-3-2-4-10-17/h2-14,22H,15-16H2,1H3,(H,26,30)(H,27,29). The van der Waals surface area contributed by atoms with E-state index in [1.54, 1.807) is 53.4 Å². The van der Waals surface area contributed by atoms with Crippen LogP contribution in [0.25, 0.3) is 0 Å². The van der Waals surface area contributed by atoms with Crippen molar-refractivity contribution >= 4 is 34.8 Å². The number of para-hydroxylation sites is 4. The van der Waals surface area contributed by atoms with Gasteiger partial charge in [-0.25, -0.2) is 4.79 Å². The van der Waals surface area contributed by atoms with Crippen molar-refractivity contribution in [3.63, 3.8) is 0 Å². The highest BCUT2D eigenvalue weighted by atomic mass is 16.6. The lowest BCUT2D eigenvalue weighted by atomic mass is 10.1. The van der Waals surface area contributed by atoms with Gasteiger partial charge in [0.05, 0.1) is 37.1 Å². The molecule has 0 bridgehead atoms. The van der Waals surface area contributed by atoms with Crippen molar-refractivity contribution in [2.24, 2.45) is 0 Å². The number of nitrogens with one attached hydrogen (secondary N) is 2. The van der Waals surface area contributed by atoms with Crippen molar-refractivity contribution in [3.05, 3.63) is 84.4 Å². The molecule has 168 valence electrons. The Bertz CT molecular complexity index is 1170. The topological polar surface area (TPSA) is 97.0 Å². The van der Waals surface area contributed by atoms with Gasteiger partial charge in [0.25, 0.3) is 5.91 Å². The van der Waals surface area contributed by atoms with E-state index in [-0.39, 0.29) is 24.9 Å². The minimum atomic E-state index is -0.846. The van der Waals surface area contributed by atoms with Gasteiger partial charge in [0.1, 0.15) is 5.75 Å². The molecule has 0 saturated heterocycles. The molecule has 8 nitrogen and oxygen atoms in total.